The molecule has 0 saturated carbocycles. The highest BCUT2D eigenvalue weighted by Crippen LogP contribution is 2.26. The second-order valence-electron chi connectivity index (χ2n) is 3.81. The maximum atomic E-state index is 11.3. The summed E-state index contributed by atoms with van der Waals surface area (Å²) in [5.41, 5.74) is 1.80. The van der Waals surface area contributed by atoms with Crippen LogP contribution in [0.25, 0.3) is 11.1 Å². The number of pyridine rings is 1. The normalized spacial score (nSPS) is 9.95. The third kappa shape index (κ3) is 2.60. The molecular weight excluding hydrogens is 246 g/mol. The number of aromatic nitrogens is 1. The summed E-state index contributed by atoms with van der Waals surface area (Å²) in [7, 11) is 1.24. The largest absolute Gasteiger partial charge is 0.507 e. The third-order valence-corrected chi connectivity index (χ3v) is 2.64. The average Bonchev–Trinajstić information content (AvgIpc) is 2.46. The number of aldehydes is 1. The fourth-order valence-corrected chi connectivity index (χ4v) is 1.69. The maximum absolute atomic E-state index is 11.3. The molecule has 96 valence electrons. The summed E-state index contributed by atoms with van der Waals surface area (Å²) in [5.74, 6) is -0.777. The molecular formula is C14H11NO4. The van der Waals surface area contributed by atoms with Gasteiger partial charge in [-0.25, -0.2) is 4.79 Å². The molecule has 1 N–H and O–H groups in total. The summed E-state index contributed by atoms with van der Waals surface area (Å²) in [6, 6.07) is 7.88. The predicted molar refractivity (Wildman–Crippen MR) is 68.1 cm³/mol. The van der Waals surface area contributed by atoms with E-state index >= 15 is 0 Å². The molecule has 0 spiro atoms. The Kier molecular flexibility index (Phi) is 3.56. The number of carbonyl (C=O) groups excluding carboxylic acids is 2. The van der Waals surface area contributed by atoms with E-state index < -0.39 is 5.97 Å². The molecule has 1 aromatic carbocycles. The lowest BCUT2D eigenvalue weighted by atomic mass is 10.0. The Balaban J connectivity index is 2.44. The summed E-state index contributed by atoms with van der Waals surface area (Å²) >= 11 is 0. The lowest BCUT2D eigenvalue weighted by Crippen LogP contribution is -2.01. The van der Waals surface area contributed by atoms with E-state index in [0.29, 0.717) is 17.5 Å². The van der Waals surface area contributed by atoms with E-state index in [9.17, 15) is 14.7 Å². The van der Waals surface area contributed by atoms with Gasteiger partial charge in [-0.2, -0.15) is 0 Å². The van der Waals surface area contributed by atoms with Crippen molar-refractivity contribution in [2.75, 3.05) is 7.11 Å². The molecule has 5 nitrogen and oxygen atoms in total. The highest BCUT2D eigenvalue weighted by molar-refractivity contribution is 5.93. The number of phenolic OH excluding ortho intramolecular Hbond substituents is 1. The summed E-state index contributed by atoms with van der Waals surface area (Å²) in [6.45, 7) is 0. The van der Waals surface area contributed by atoms with Crippen molar-refractivity contribution in [1.29, 1.82) is 0 Å². The van der Waals surface area contributed by atoms with Crippen molar-refractivity contribution < 1.29 is 19.4 Å². The van der Waals surface area contributed by atoms with Gasteiger partial charge in [-0.15, -0.1) is 0 Å². The molecule has 0 amide bonds. The first-order chi connectivity index (χ1) is 9.15. The Morgan fingerprint density at radius 3 is 2.63 bits per heavy atom. The molecule has 1 heterocycles. The van der Waals surface area contributed by atoms with E-state index in [1.807, 2.05) is 0 Å². The van der Waals surface area contributed by atoms with E-state index in [0.717, 1.165) is 5.56 Å². The van der Waals surface area contributed by atoms with Gasteiger partial charge in [0.1, 0.15) is 17.0 Å². The fourth-order valence-electron chi connectivity index (χ4n) is 1.69. The van der Waals surface area contributed by atoms with E-state index in [1.54, 1.807) is 18.2 Å². The number of ether oxygens (including phenoxy) is 1. The molecule has 1 aromatic heterocycles. The molecule has 0 radical (unpaired) electrons. The fraction of sp³-hybridized carbons (Fsp3) is 0.0714. The number of aromatic hydroxyl groups is 1. The number of hydrogen-bond donors (Lipinski definition) is 1. The van der Waals surface area contributed by atoms with Crippen molar-refractivity contribution in [2.24, 2.45) is 0 Å². The Labute approximate surface area is 109 Å². The number of esters is 1. The Morgan fingerprint density at radius 2 is 2.00 bits per heavy atom. The van der Waals surface area contributed by atoms with Crippen molar-refractivity contribution in [2.45, 2.75) is 0 Å². The van der Waals surface area contributed by atoms with Crippen LogP contribution < -0.4 is 0 Å². The molecule has 2 rings (SSSR count). The molecule has 0 atom stereocenters. The first-order valence-corrected chi connectivity index (χ1v) is 5.48. The van der Waals surface area contributed by atoms with Gasteiger partial charge in [0, 0.05) is 6.20 Å². The molecule has 19 heavy (non-hydrogen) atoms. The van der Waals surface area contributed by atoms with Crippen LogP contribution in [-0.4, -0.2) is 29.5 Å². The van der Waals surface area contributed by atoms with Gasteiger partial charge < -0.3 is 9.84 Å². The number of benzene rings is 1. The second kappa shape index (κ2) is 5.30. The quantitative estimate of drug-likeness (QED) is 0.672. The molecule has 0 saturated heterocycles. The van der Waals surface area contributed by atoms with Crippen molar-refractivity contribution in [3.05, 3.63) is 47.8 Å². The molecule has 0 bridgehead atoms. The van der Waals surface area contributed by atoms with Crippen molar-refractivity contribution in [1.82, 2.24) is 4.98 Å². The zero-order chi connectivity index (χ0) is 13.8. The van der Waals surface area contributed by atoms with Crippen LogP contribution in [0, 0.1) is 0 Å². The van der Waals surface area contributed by atoms with Crippen LogP contribution in [0.3, 0.4) is 0 Å². The Morgan fingerprint density at radius 1 is 1.26 bits per heavy atom. The van der Waals surface area contributed by atoms with Gasteiger partial charge in [-0.3, -0.25) is 9.78 Å². The average molecular weight is 257 g/mol. The van der Waals surface area contributed by atoms with E-state index in [2.05, 4.69) is 9.72 Å². The summed E-state index contributed by atoms with van der Waals surface area (Å²) in [4.78, 5) is 25.9. The van der Waals surface area contributed by atoms with Crippen LogP contribution in [-0.2, 0) is 4.74 Å². The van der Waals surface area contributed by atoms with Crippen molar-refractivity contribution >= 4 is 12.3 Å². The molecule has 0 aliphatic rings. The third-order valence-electron chi connectivity index (χ3n) is 2.64. The lowest BCUT2D eigenvalue weighted by Gasteiger charge is -2.06. The summed E-state index contributed by atoms with van der Waals surface area (Å²) in [5, 5.41) is 9.79. The van der Waals surface area contributed by atoms with Crippen LogP contribution in [0.1, 0.15) is 20.8 Å². The minimum absolute atomic E-state index is 0.0934. The highest BCUT2D eigenvalue weighted by Gasteiger charge is 2.12. The number of carbonyl (C=O) groups is 2. The van der Waals surface area contributed by atoms with Gasteiger partial charge in [-0.1, -0.05) is 6.07 Å². The van der Waals surface area contributed by atoms with Gasteiger partial charge in [0.25, 0.3) is 0 Å². The summed E-state index contributed by atoms with van der Waals surface area (Å²) in [6.07, 6.45) is 2.15. The smallest absolute Gasteiger partial charge is 0.341 e. The van der Waals surface area contributed by atoms with Crippen LogP contribution in [0.15, 0.2) is 36.5 Å². The standard InChI is InChI=1S/C14H11NO4/c1-19-14(18)12-3-2-9(7-13(12)17)10-4-5-15-11(6-10)8-16/h2-8,17H,1H3. The van der Waals surface area contributed by atoms with Gasteiger partial charge >= 0.3 is 5.97 Å². The first-order valence-electron chi connectivity index (χ1n) is 5.48. The van der Waals surface area contributed by atoms with Crippen LogP contribution in [0.2, 0.25) is 0 Å². The van der Waals surface area contributed by atoms with Crippen molar-refractivity contribution in [3.63, 3.8) is 0 Å². The minimum Gasteiger partial charge on any atom is -0.507 e. The molecule has 0 aliphatic heterocycles. The van der Waals surface area contributed by atoms with Gasteiger partial charge in [0.05, 0.1) is 7.11 Å². The monoisotopic (exact) mass is 257 g/mol. The lowest BCUT2D eigenvalue weighted by molar-refractivity contribution is 0.0597. The van der Waals surface area contributed by atoms with Gasteiger partial charge in [0.2, 0.25) is 0 Å². The van der Waals surface area contributed by atoms with Crippen LogP contribution in [0.5, 0.6) is 5.75 Å². The predicted octanol–water partition coefficient (Wildman–Crippen LogP) is 2.05. The Hall–Kier alpha value is -2.69. The molecule has 2 aromatic rings. The number of rotatable bonds is 3. The number of nitrogens with zero attached hydrogens (tertiary/aromatic N) is 1. The molecule has 0 unspecified atom stereocenters. The van der Waals surface area contributed by atoms with Crippen LogP contribution >= 0.6 is 0 Å². The number of phenols is 1. The minimum atomic E-state index is -0.604. The maximum Gasteiger partial charge on any atom is 0.341 e. The summed E-state index contributed by atoms with van der Waals surface area (Å²) < 4.78 is 4.54. The molecule has 0 aliphatic carbocycles. The SMILES string of the molecule is COC(=O)c1ccc(-c2ccnc(C=O)c2)cc1O. The zero-order valence-corrected chi connectivity index (χ0v) is 10.2. The van der Waals surface area contributed by atoms with E-state index in [-0.39, 0.29) is 11.3 Å². The topological polar surface area (TPSA) is 76.5 Å². The van der Waals surface area contributed by atoms with Crippen LogP contribution in [0.4, 0.5) is 0 Å². The number of methoxy groups -OCH3 is 1. The van der Waals surface area contributed by atoms with E-state index in [1.165, 1.54) is 25.4 Å². The van der Waals surface area contributed by atoms with Crippen molar-refractivity contribution in [3.8, 4) is 16.9 Å². The van der Waals surface area contributed by atoms with Gasteiger partial charge in [0.15, 0.2) is 6.29 Å². The van der Waals surface area contributed by atoms with E-state index in [4.69, 9.17) is 0 Å². The van der Waals surface area contributed by atoms with Gasteiger partial charge in [-0.05, 0) is 35.4 Å². The molecule has 5 heteroatoms. The molecule has 0 fully saturated rings. The second-order valence-corrected chi connectivity index (χ2v) is 3.81. The zero-order valence-electron chi connectivity index (χ0n) is 10.2. The highest BCUT2D eigenvalue weighted by atomic mass is 16.5. The Bertz CT molecular complexity index is 637. The number of hydrogen-bond acceptors (Lipinski definition) is 5. The first kappa shape index (κ1) is 12.8.